The molecule has 0 bridgehead atoms. The van der Waals surface area contributed by atoms with Crippen LogP contribution in [0.15, 0.2) is 5.16 Å². The van der Waals surface area contributed by atoms with Gasteiger partial charge in [-0.25, -0.2) is 4.79 Å². The topological polar surface area (TPSA) is 71.7 Å². The molecule has 1 aliphatic heterocycles. The molecule has 0 saturated heterocycles. The van der Waals surface area contributed by atoms with E-state index in [9.17, 15) is 4.79 Å². The van der Waals surface area contributed by atoms with Crippen molar-refractivity contribution in [1.82, 2.24) is 0 Å². The molecule has 0 saturated carbocycles. The molecule has 0 amide bonds. The van der Waals surface area contributed by atoms with Crippen LogP contribution in [0.1, 0.15) is 19.8 Å². The van der Waals surface area contributed by atoms with Gasteiger partial charge in [-0.3, -0.25) is 0 Å². The molecule has 1 rings (SSSR count). The summed E-state index contributed by atoms with van der Waals surface area (Å²) >= 11 is 0. The number of carbonyl (C=O) groups excluding carboxylic acids is 1. The summed E-state index contributed by atoms with van der Waals surface area (Å²) in [5.41, 5.74) is 0.266. The van der Waals surface area contributed by atoms with Gasteiger partial charge in [0.15, 0.2) is 5.71 Å². The van der Waals surface area contributed by atoms with Crippen molar-refractivity contribution in [2.45, 2.75) is 25.9 Å². The molecule has 5 heteroatoms. The predicted octanol–water partition coefficient (Wildman–Crippen LogP) is 0.608. The first kappa shape index (κ1) is 9.52. The molecule has 0 radical (unpaired) electrons. The van der Waals surface area contributed by atoms with Crippen molar-refractivity contribution in [1.29, 1.82) is 5.26 Å². The van der Waals surface area contributed by atoms with E-state index in [0.717, 1.165) is 0 Å². The summed E-state index contributed by atoms with van der Waals surface area (Å²) in [6.45, 7) is 2.04. The van der Waals surface area contributed by atoms with Crippen molar-refractivity contribution < 1.29 is 14.4 Å². The van der Waals surface area contributed by atoms with Gasteiger partial charge in [-0.05, 0) is 6.92 Å². The summed E-state index contributed by atoms with van der Waals surface area (Å²) < 4.78 is 4.72. The Bertz CT molecular complexity index is 267. The van der Waals surface area contributed by atoms with Crippen molar-refractivity contribution in [2.75, 3.05) is 6.61 Å². The number of carbonyl (C=O) groups is 1. The van der Waals surface area contributed by atoms with Gasteiger partial charge >= 0.3 is 5.97 Å². The number of hydrogen-bond donors (Lipinski definition) is 0. The minimum Gasteiger partial charge on any atom is -0.461 e. The lowest BCUT2D eigenvalue weighted by atomic mass is 10.1. The van der Waals surface area contributed by atoms with Crippen LogP contribution in [0.25, 0.3) is 0 Å². The number of nitriles is 1. The molecular weight excluding hydrogens is 172 g/mol. The van der Waals surface area contributed by atoms with Crippen molar-refractivity contribution in [3.8, 4) is 6.07 Å². The second kappa shape index (κ2) is 4.45. The Morgan fingerprint density at radius 1 is 1.92 bits per heavy atom. The fourth-order valence-electron chi connectivity index (χ4n) is 0.975. The Morgan fingerprint density at radius 3 is 3.31 bits per heavy atom. The second-order valence-electron chi connectivity index (χ2n) is 2.55. The number of oxime groups is 1. The minimum atomic E-state index is -0.456. The van der Waals surface area contributed by atoms with Crippen LogP contribution < -0.4 is 0 Å². The summed E-state index contributed by atoms with van der Waals surface area (Å²) in [5.74, 6) is -0.456. The van der Waals surface area contributed by atoms with E-state index in [2.05, 4.69) is 5.16 Å². The normalized spacial score (nSPS) is 20.0. The molecule has 0 aliphatic carbocycles. The van der Waals surface area contributed by atoms with Crippen molar-refractivity contribution in [3.63, 3.8) is 0 Å². The molecule has 0 fully saturated rings. The zero-order valence-corrected chi connectivity index (χ0v) is 7.32. The number of esters is 1. The van der Waals surface area contributed by atoms with Gasteiger partial charge in [-0.15, -0.1) is 0 Å². The van der Waals surface area contributed by atoms with E-state index >= 15 is 0 Å². The van der Waals surface area contributed by atoms with E-state index in [4.69, 9.17) is 14.8 Å². The van der Waals surface area contributed by atoms with Crippen LogP contribution in [0.2, 0.25) is 0 Å². The van der Waals surface area contributed by atoms with Crippen LogP contribution in [-0.2, 0) is 14.4 Å². The lowest BCUT2D eigenvalue weighted by molar-refractivity contribution is -0.135. The maximum absolute atomic E-state index is 11.1. The van der Waals surface area contributed by atoms with Gasteiger partial charge in [0, 0.05) is 6.42 Å². The molecule has 0 aromatic heterocycles. The van der Waals surface area contributed by atoms with E-state index in [1.165, 1.54) is 0 Å². The van der Waals surface area contributed by atoms with Gasteiger partial charge in [0.05, 0.1) is 19.1 Å². The Hall–Kier alpha value is -1.57. The average molecular weight is 182 g/mol. The maximum Gasteiger partial charge on any atom is 0.356 e. The van der Waals surface area contributed by atoms with Crippen LogP contribution in [0.3, 0.4) is 0 Å². The van der Waals surface area contributed by atoms with Crippen molar-refractivity contribution >= 4 is 11.7 Å². The molecular formula is C8H10N2O3. The Kier molecular flexibility index (Phi) is 3.26. The summed E-state index contributed by atoms with van der Waals surface area (Å²) in [4.78, 5) is 15.9. The van der Waals surface area contributed by atoms with Crippen LogP contribution in [0.5, 0.6) is 0 Å². The first-order valence-electron chi connectivity index (χ1n) is 4.04. The van der Waals surface area contributed by atoms with Gasteiger partial charge in [-0.1, -0.05) is 5.16 Å². The zero-order valence-electron chi connectivity index (χ0n) is 7.32. The van der Waals surface area contributed by atoms with Crippen molar-refractivity contribution in [2.24, 2.45) is 5.16 Å². The highest BCUT2D eigenvalue weighted by Crippen LogP contribution is 2.13. The second-order valence-corrected chi connectivity index (χ2v) is 2.55. The Labute approximate surface area is 75.9 Å². The van der Waals surface area contributed by atoms with Gasteiger partial charge in [0.2, 0.25) is 0 Å². The molecule has 5 nitrogen and oxygen atoms in total. The van der Waals surface area contributed by atoms with Gasteiger partial charge in [0.25, 0.3) is 0 Å². The average Bonchev–Trinajstić information content (AvgIpc) is 2.54. The van der Waals surface area contributed by atoms with Gasteiger partial charge < -0.3 is 9.57 Å². The fourth-order valence-corrected chi connectivity index (χ4v) is 0.975. The number of nitrogens with zero attached hydrogens (tertiary/aromatic N) is 2. The Balaban J connectivity index is 2.40. The Morgan fingerprint density at radius 2 is 2.69 bits per heavy atom. The lowest BCUT2D eigenvalue weighted by Crippen LogP contribution is -2.17. The smallest absolute Gasteiger partial charge is 0.356 e. The summed E-state index contributed by atoms with van der Waals surface area (Å²) in [5, 5.41) is 11.9. The number of hydrogen-bond acceptors (Lipinski definition) is 5. The molecule has 70 valence electrons. The summed E-state index contributed by atoms with van der Waals surface area (Å²) in [6, 6.07) is 1.95. The third-order valence-corrected chi connectivity index (χ3v) is 1.56. The van der Waals surface area contributed by atoms with E-state index in [1.807, 2.05) is 6.07 Å². The first-order valence-corrected chi connectivity index (χ1v) is 4.04. The van der Waals surface area contributed by atoms with E-state index < -0.39 is 5.97 Å². The monoisotopic (exact) mass is 182 g/mol. The first-order chi connectivity index (χ1) is 6.27. The van der Waals surface area contributed by atoms with Crippen LogP contribution in [0.4, 0.5) is 0 Å². The van der Waals surface area contributed by atoms with Crippen LogP contribution in [-0.4, -0.2) is 24.4 Å². The number of rotatable bonds is 3. The van der Waals surface area contributed by atoms with Crippen LogP contribution in [0, 0.1) is 11.3 Å². The molecule has 1 atom stereocenters. The molecule has 13 heavy (non-hydrogen) atoms. The number of ether oxygens (including phenoxy) is 1. The highest BCUT2D eigenvalue weighted by atomic mass is 16.6. The quantitative estimate of drug-likeness (QED) is 0.599. The molecule has 0 spiro atoms. The minimum absolute atomic E-state index is 0.242. The van der Waals surface area contributed by atoms with Crippen LogP contribution >= 0.6 is 0 Å². The van der Waals surface area contributed by atoms with Crippen molar-refractivity contribution in [3.05, 3.63) is 0 Å². The lowest BCUT2D eigenvalue weighted by Gasteiger charge is -2.00. The highest BCUT2D eigenvalue weighted by Gasteiger charge is 2.26. The van der Waals surface area contributed by atoms with E-state index in [-0.39, 0.29) is 18.2 Å². The predicted molar refractivity (Wildman–Crippen MR) is 43.8 cm³/mol. The third-order valence-electron chi connectivity index (χ3n) is 1.56. The highest BCUT2D eigenvalue weighted by molar-refractivity contribution is 6.36. The third kappa shape index (κ3) is 2.44. The molecule has 1 heterocycles. The zero-order chi connectivity index (χ0) is 9.68. The SMILES string of the molecule is CCOC(=O)C1=NO[C@@H](CC#N)C1. The van der Waals surface area contributed by atoms with E-state index in [0.29, 0.717) is 13.0 Å². The molecule has 0 unspecified atom stereocenters. The largest absolute Gasteiger partial charge is 0.461 e. The fraction of sp³-hybridized carbons (Fsp3) is 0.625. The molecule has 0 aromatic carbocycles. The molecule has 1 aliphatic rings. The maximum atomic E-state index is 11.1. The molecule has 0 aromatic rings. The molecule has 0 N–H and O–H groups in total. The standard InChI is InChI=1S/C8H10N2O3/c1-2-12-8(11)7-5-6(3-4-9)13-10-7/h6H,2-3,5H2,1H3/t6-/m0/s1. The van der Waals surface area contributed by atoms with E-state index in [1.54, 1.807) is 6.92 Å². The van der Waals surface area contributed by atoms with Gasteiger partial charge in [-0.2, -0.15) is 5.26 Å². The summed E-state index contributed by atoms with van der Waals surface area (Å²) in [7, 11) is 0. The van der Waals surface area contributed by atoms with Gasteiger partial charge in [0.1, 0.15) is 6.10 Å². The summed E-state index contributed by atoms with van der Waals surface area (Å²) in [6.07, 6.45) is 0.322.